The molecule has 0 heterocycles. The standard InChI is InChI=1S/C16H18ClFN2O3S/c1-3-14(19)12-7-8-13(17)16(15(12)18)23-10-5-4-6-11(9-10)24(21,22)20-2/h4-9,14,20H,3,19H2,1-2H3/t14-/m1/s1. The molecule has 0 unspecified atom stereocenters. The van der Waals surface area contributed by atoms with Crippen LogP contribution in [-0.4, -0.2) is 15.5 Å². The van der Waals surface area contributed by atoms with E-state index < -0.39 is 21.9 Å². The average molecular weight is 373 g/mol. The predicted octanol–water partition coefficient (Wildman–Crippen LogP) is 3.59. The molecular weight excluding hydrogens is 355 g/mol. The number of hydrogen-bond donors (Lipinski definition) is 2. The van der Waals surface area contributed by atoms with Crippen molar-refractivity contribution >= 4 is 21.6 Å². The summed E-state index contributed by atoms with van der Waals surface area (Å²) in [6.45, 7) is 1.84. The van der Waals surface area contributed by atoms with Crippen molar-refractivity contribution < 1.29 is 17.5 Å². The fourth-order valence-corrected chi connectivity index (χ4v) is 3.04. The maximum atomic E-state index is 14.6. The predicted molar refractivity (Wildman–Crippen MR) is 91.4 cm³/mol. The molecule has 0 aromatic heterocycles. The molecule has 0 spiro atoms. The van der Waals surface area contributed by atoms with Gasteiger partial charge in [0.2, 0.25) is 10.0 Å². The van der Waals surface area contributed by atoms with Crippen LogP contribution in [0.4, 0.5) is 4.39 Å². The summed E-state index contributed by atoms with van der Waals surface area (Å²) in [5.41, 5.74) is 6.17. The zero-order valence-electron chi connectivity index (χ0n) is 13.2. The lowest BCUT2D eigenvalue weighted by Gasteiger charge is -2.15. The first kappa shape index (κ1) is 18.7. The Kier molecular flexibility index (Phi) is 5.82. The van der Waals surface area contributed by atoms with E-state index in [1.54, 1.807) is 0 Å². The van der Waals surface area contributed by atoms with E-state index in [4.69, 9.17) is 22.1 Å². The van der Waals surface area contributed by atoms with Gasteiger partial charge in [-0.25, -0.2) is 17.5 Å². The third-order valence-electron chi connectivity index (χ3n) is 3.52. The van der Waals surface area contributed by atoms with Gasteiger partial charge in [0.25, 0.3) is 0 Å². The van der Waals surface area contributed by atoms with Crippen LogP contribution in [0.15, 0.2) is 41.3 Å². The normalized spacial score (nSPS) is 12.9. The Morgan fingerprint density at radius 1 is 1.33 bits per heavy atom. The Labute approximate surface area is 145 Å². The maximum Gasteiger partial charge on any atom is 0.240 e. The molecule has 24 heavy (non-hydrogen) atoms. The SMILES string of the molecule is CC[C@@H](N)c1ccc(Cl)c(Oc2cccc(S(=O)(=O)NC)c2)c1F. The molecule has 5 nitrogen and oxygen atoms in total. The molecule has 0 fully saturated rings. The molecule has 0 saturated heterocycles. The van der Waals surface area contributed by atoms with Crippen molar-refractivity contribution in [2.75, 3.05) is 7.05 Å². The molecule has 2 aromatic carbocycles. The zero-order valence-corrected chi connectivity index (χ0v) is 14.8. The molecule has 2 rings (SSSR count). The molecule has 0 aliphatic carbocycles. The van der Waals surface area contributed by atoms with Crippen LogP contribution >= 0.6 is 11.6 Å². The quantitative estimate of drug-likeness (QED) is 0.811. The van der Waals surface area contributed by atoms with Crippen LogP contribution in [0.3, 0.4) is 0 Å². The Bertz CT molecular complexity index is 843. The van der Waals surface area contributed by atoms with Crippen LogP contribution < -0.4 is 15.2 Å². The average Bonchev–Trinajstić information content (AvgIpc) is 2.58. The minimum Gasteiger partial charge on any atom is -0.453 e. The molecule has 0 radical (unpaired) electrons. The van der Waals surface area contributed by atoms with Crippen molar-refractivity contribution in [3.8, 4) is 11.5 Å². The summed E-state index contributed by atoms with van der Waals surface area (Å²) in [5.74, 6) is -0.690. The van der Waals surface area contributed by atoms with Gasteiger partial charge in [-0.1, -0.05) is 30.7 Å². The number of benzene rings is 2. The van der Waals surface area contributed by atoms with Gasteiger partial charge in [0.05, 0.1) is 9.92 Å². The molecule has 2 aromatic rings. The van der Waals surface area contributed by atoms with E-state index in [0.29, 0.717) is 6.42 Å². The van der Waals surface area contributed by atoms with Gasteiger partial charge in [-0.2, -0.15) is 0 Å². The van der Waals surface area contributed by atoms with Gasteiger partial charge >= 0.3 is 0 Å². The van der Waals surface area contributed by atoms with Crippen LogP contribution in [0.2, 0.25) is 5.02 Å². The van der Waals surface area contributed by atoms with Crippen LogP contribution in [0, 0.1) is 5.82 Å². The smallest absolute Gasteiger partial charge is 0.240 e. The molecule has 8 heteroatoms. The number of nitrogens with two attached hydrogens (primary N) is 1. The highest BCUT2D eigenvalue weighted by Crippen LogP contribution is 2.36. The fraction of sp³-hybridized carbons (Fsp3) is 0.250. The molecule has 0 aliphatic heterocycles. The summed E-state index contributed by atoms with van der Waals surface area (Å²) in [7, 11) is -2.33. The molecule has 0 amide bonds. The van der Waals surface area contributed by atoms with E-state index in [1.165, 1.54) is 43.4 Å². The van der Waals surface area contributed by atoms with Crippen LogP contribution in [0.25, 0.3) is 0 Å². The Hall–Kier alpha value is -1.67. The van der Waals surface area contributed by atoms with Crippen LogP contribution in [-0.2, 0) is 10.0 Å². The van der Waals surface area contributed by atoms with E-state index >= 15 is 0 Å². The highest BCUT2D eigenvalue weighted by molar-refractivity contribution is 7.89. The summed E-state index contributed by atoms with van der Waals surface area (Å²) in [4.78, 5) is 0.000412. The number of nitrogens with one attached hydrogen (secondary N) is 1. The maximum absolute atomic E-state index is 14.6. The van der Waals surface area contributed by atoms with Crippen molar-refractivity contribution in [1.82, 2.24) is 4.72 Å². The Balaban J connectivity index is 2.44. The minimum atomic E-state index is -3.64. The number of sulfonamides is 1. The van der Waals surface area contributed by atoms with Crippen LogP contribution in [0.1, 0.15) is 24.9 Å². The lowest BCUT2D eigenvalue weighted by Crippen LogP contribution is -2.18. The molecular formula is C16H18ClFN2O3S. The van der Waals surface area contributed by atoms with Gasteiger partial charge in [-0.15, -0.1) is 0 Å². The zero-order chi connectivity index (χ0) is 17.9. The summed E-state index contributed by atoms with van der Waals surface area (Å²) in [6.07, 6.45) is 0.549. The fourth-order valence-electron chi connectivity index (χ4n) is 2.09. The third-order valence-corrected chi connectivity index (χ3v) is 5.23. The second kappa shape index (κ2) is 7.48. The lowest BCUT2D eigenvalue weighted by molar-refractivity contribution is 0.433. The first-order chi connectivity index (χ1) is 11.3. The monoisotopic (exact) mass is 372 g/mol. The molecule has 3 N–H and O–H groups in total. The van der Waals surface area contributed by atoms with Crippen molar-refractivity contribution in [3.63, 3.8) is 0 Å². The van der Waals surface area contributed by atoms with Gasteiger partial charge < -0.3 is 10.5 Å². The van der Waals surface area contributed by atoms with E-state index in [2.05, 4.69) is 4.72 Å². The van der Waals surface area contributed by atoms with Crippen molar-refractivity contribution in [3.05, 3.63) is 52.8 Å². The summed E-state index contributed by atoms with van der Waals surface area (Å²) in [5, 5.41) is 0.0708. The number of halogens is 2. The van der Waals surface area contributed by atoms with Crippen molar-refractivity contribution in [2.45, 2.75) is 24.3 Å². The Morgan fingerprint density at radius 2 is 2.04 bits per heavy atom. The van der Waals surface area contributed by atoms with E-state index in [1.807, 2.05) is 6.92 Å². The van der Waals surface area contributed by atoms with Crippen molar-refractivity contribution in [1.29, 1.82) is 0 Å². The summed E-state index contributed by atoms with van der Waals surface area (Å²) in [6, 6.07) is 8.22. The number of rotatable bonds is 6. The molecule has 1 atom stereocenters. The van der Waals surface area contributed by atoms with E-state index in [9.17, 15) is 12.8 Å². The molecule has 0 bridgehead atoms. The van der Waals surface area contributed by atoms with Gasteiger partial charge in [0, 0.05) is 17.7 Å². The first-order valence-corrected chi connectivity index (χ1v) is 9.11. The summed E-state index contributed by atoms with van der Waals surface area (Å²) >= 11 is 6.02. The van der Waals surface area contributed by atoms with Gasteiger partial charge in [-0.3, -0.25) is 0 Å². The van der Waals surface area contributed by atoms with E-state index in [0.717, 1.165) is 0 Å². The largest absolute Gasteiger partial charge is 0.453 e. The highest BCUT2D eigenvalue weighted by atomic mass is 35.5. The van der Waals surface area contributed by atoms with Gasteiger partial charge in [0.1, 0.15) is 5.75 Å². The Morgan fingerprint density at radius 3 is 2.67 bits per heavy atom. The summed E-state index contributed by atoms with van der Waals surface area (Å²) < 4.78 is 46.0. The number of hydrogen-bond acceptors (Lipinski definition) is 4. The minimum absolute atomic E-state index is 0.000412. The van der Waals surface area contributed by atoms with Gasteiger partial charge in [0.15, 0.2) is 11.6 Å². The van der Waals surface area contributed by atoms with Crippen molar-refractivity contribution in [2.24, 2.45) is 5.73 Å². The highest BCUT2D eigenvalue weighted by Gasteiger charge is 2.19. The third kappa shape index (κ3) is 3.87. The number of ether oxygens (including phenoxy) is 1. The second-order valence-electron chi connectivity index (χ2n) is 5.08. The van der Waals surface area contributed by atoms with Crippen LogP contribution in [0.5, 0.6) is 11.5 Å². The molecule has 130 valence electrons. The first-order valence-electron chi connectivity index (χ1n) is 7.25. The molecule has 0 aliphatic rings. The van der Waals surface area contributed by atoms with E-state index in [-0.39, 0.29) is 27.0 Å². The second-order valence-corrected chi connectivity index (χ2v) is 7.37. The molecule has 0 saturated carbocycles. The van der Waals surface area contributed by atoms with Gasteiger partial charge in [-0.05, 0) is 31.7 Å². The lowest BCUT2D eigenvalue weighted by atomic mass is 10.0. The topological polar surface area (TPSA) is 81.4 Å².